The van der Waals surface area contributed by atoms with Crippen LogP contribution >= 0.6 is 0 Å². The Morgan fingerprint density at radius 3 is 2.45 bits per heavy atom. The molecule has 0 bridgehead atoms. The van der Waals surface area contributed by atoms with E-state index >= 15 is 0 Å². The topological polar surface area (TPSA) is 46.4 Å². The summed E-state index contributed by atoms with van der Waals surface area (Å²) in [6, 6.07) is 28.2. The number of hydrogen-bond donors (Lipinski definition) is 1. The largest absolute Gasteiger partial charge is 0.380 e. The minimum Gasteiger partial charge on any atom is -0.380 e. The SMILES string of the molecule is O=c1c2ccc(NCc3ccccc3)c3cccc(c32)c2nc3ccccc3n12. The van der Waals surface area contributed by atoms with Gasteiger partial charge in [0.1, 0.15) is 5.65 Å². The van der Waals surface area contributed by atoms with Crippen molar-refractivity contribution in [2.24, 2.45) is 0 Å². The van der Waals surface area contributed by atoms with Gasteiger partial charge in [0.15, 0.2) is 0 Å². The van der Waals surface area contributed by atoms with Crippen LogP contribution in [-0.2, 0) is 6.54 Å². The maximum Gasteiger partial charge on any atom is 0.264 e. The van der Waals surface area contributed by atoms with Gasteiger partial charge in [-0.2, -0.15) is 0 Å². The molecule has 0 fully saturated rings. The van der Waals surface area contributed by atoms with Crippen LogP contribution in [0.5, 0.6) is 0 Å². The lowest BCUT2D eigenvalue weighted by atomic mass is 10.0. The molecule has 0 aliphatic rings. The monoisotopic (exact) mass is 375 g/mol. The van der Waals surface area contributed by atoms with Crippen molar-refractivity contribution in [2.45, 2.75) is 6.54 Å². The Labute approximate surface area is 166 Å². The first kappa shape index (κ1) is 16.1. The van der Waals surface area contributed by atoms with Crippen molar-refractivity contribution >= 4 is 43.9 Å². The van der Waals surface area contributed by atoms with Crippen LogP contribution in [0, 0.1) is 0 Å². The van der Waals surface area contributed by atoms with E-state index in [1.54, 1.807) is 4.40 Å². The van der Waals surface area contributed by atoms with Crippen LogP contribution in [0.3, 0.4) is 0 Å². The Morgan fingerprint density at radius 2 is 1.55 bits per heavy atom. The number of anilines is 1. The Balaban J connectivity index is 1.63. The lowest BCUT2D eigenvalue weighted by Gasteiger charge is -2.13. The summed E-state index contributed by atoms with van der Waals surface area (Å²) in [6.45, 7) is 0.728. The second kappa shape index (κ2) is 6.04. The van der Waals surface area contributed by atoms with Gasteiger partial charge in [0, 0.05) is 33.8 Å². The fourth-order valence-electron chi connectivity index (χ4n) is 4.25. The van der Waals surface area contributed by atoms with E-state index < -0.39 is 0 Å². The second-order valence-corrected chi connectivity index (χ2v) is 7.29. The smallest absolute Gasteiger partial charge is 0.264 e. The molecule has 0 atom stereocenters. The number of pyridine rings is 1. The Hall–Kier alpha value is -3.92. The quantitative estimate of drug-likeness (QED) is 0.462. The molecule has 4 nitrogen and oxygen atoms in total. The predicted octanol–water partition coefficient (Wildman–Crippen LogP) is 5.20. The van der Waals surface area contributed by atoms with E-state index in [0.29, 0.717) is 0 Å². The van der Waals surface area contributed by atoms with Crippen LogP contribution in [0.1, 0.15) is 5.56 Å². The number of imidazole rings is 1. The molecule has 0 saturated carbocycles. The van der Waals surface area contributed by atoms with Gasteiger partial charge in [-0.25, -0.2) is 4.98 Å². The van der Waals surface area contributed by atoms with Gasteiger partial charge in [-0.05, 0) is 29.8 Å². The molecule has 2 aromatic heterocycles. The van der Waals surface area contributed by atoms with Crippen molar-refractivity contribution in [3.8, 4) is 0 Å². The zero-order valence-corrected chi connectivity index (χ0v) is 15.6. The highest BCUT2D eigenvalue weighted by molar-refractivity contribution is 6.18. The first-order valence-corrected chi connectivity index (χ1v) is 9.67. The molecule has 0 amide bonds. The number of benzene rings is 4. The highest BCUT2D eigenvalue weighted by Crippen LogP contribution is 2.33. The van der Waals surface area contributed by atoms with Crippen molar-refractivity contribution in [1.82, 2.24) is 9.38 Å². The minimum atomic E-state index is -0.0213. The van der Waals surface area contributed by atoms with E-state index in [2.05, 4.69) is 29.6 Å². The highest BCUT2D eigenvalue weighted by atomic mass is 16.1. The molecule has 4 heteroatoms. The molecule has 6 rings (SSSR count). The van der Waals surface area contributed by atoms with Crippen LogP contribution in [0.15, 0.2) is 89.7 Å². The minimum absolute atomic E-state index is 0.0213. The zero-order chi connectivity index (χ0) is 19.4. The van der Waals surface area contributed by atoms with Crippen LogP contribution in [0.4, 0.5) is 5.69 Å². The molecule has 6 aromatic rings. The number of hydrogen-bond acceptors (Lipinski definition) is 3. The Kier molecular flexibility index (Phi) is 3.35. The van der Waals surface area contributed by atoms with Gasteiger partial charge in [0.05, 0.1) is 11.0 Å². The second-order valence-electron chi connectivity index (χ2n) is 7.29. The third-order valence-corrected chi connectivity index (χ3v) is 5.60. The predicted molar refractivity (Wildman–Crippen MR) is 119 cm³/mol. The van der Waals surface area contributed by atoms with E-state index in [9.17, 15) is 4.79 Å². The molecule has 2 heterocycles. The molecule has 0 aliphatic heterocycles. The number of aromatic nitrogens is 2. The molecule has 0 saturated heterocycles. The summed E-state index contributed by atoms with van der Waals surface area (Å²) >= 11 is 0. The molecule has 0 radical (unpaired) electrons. The number of nitrogens with zero attached hydrogens (tertiary/aromatic N) is 2. The normalized spacial score (nSPS) is 11.7. The average Bonchev–Trinajstić information content (AvgIpc) is 3.17. The van der Waals surface area contributed by atoms with Crippen LogP contribution in [0.2, 0.25) is 0 Å². The van der Waals surface area contributed by atoms with E-state index in [-0.39, 0.29) is 5.56 Å². The summed E-state index contributed by atoms with van der Waals surface area (Å²) in [5, 5.41) is 7.26. The third-order valence-electron chi connectivity index (χ3n) is 5.60. The van der Waals surface area contributed by atoms with Gasteiger partial charge in [0.25, 0.3) is 5.56 Å². The molecular weight excluding hydrogens is 358 g/mol. The molecule has 0 aliphatic carbocycles. The first-order chi connectivity index (χ1) is 14.3. The van der Waals surface area contributed by atoms with E-state index in [1.807, 2.05) is 60.7 Å². The van der Waals surface area contributed by atoms with Gasteiger partial charge >= 0.3 is 0 Å². The number of nitrogens with one attached hydrogen (secondary N) is 1. The van der Waals surface area contributed by atoms with Crippen LogP contribution < -0.4 is 10.9 Å². The van der Waals surface area contributed by atoms with Gasteiger partial charge in [-0.3, -0.25) is 9.20 Å². The van der Waals surface area contributed by atoms with E-state index in [1.165, 1.54) is 5.56 Å². The van der Waals surface area contributed by atoms with Crippen LogP contribution in [-0.4, -0.2) is 9.38 Å². The first-order valence-electron chi connectivity index (χ1n) is 9.67. The lowest BCUT2D eigenvalue weighted by Crippen LogP contribution is -2.13. The van der Waals surface area contributed by atoms with Crippen molar-refractivity contribution in [3.63, 3.8) is 0 Å². The summed E-state index contributed by atoms with van der Waals surface area (Å²) in [5.41, 5.74) is 4.61. The maximum absolute atomic E-state index is 13.4. The van der Waals surface area contributed by atoms with Crippen molar-refractivity contribution in [1.29, 1.82) is 0 Å². The summed E-state index contributed by atoms with van der Waals surface area (Å²) in [5.74, 6) is 0. The summed E-state index contributed by atoms with van der Waals surface area (Å²) in [4.78, 5) is 18.1. The summed E-state index contributed by atoms with van der Waals surface area (Å²) in [7, 11) is 0. The van der Waals surface area contributed by atoms with Gasteiger partial charge in [0.2, 0.25) is 0 Å². The zero-order valence-electron chi connectivity index (χ0n) is 15.6. The molecule has 0 spiro atoms. The number of rotatable bonds is 3. The van der Waals surface area contributed by atoms with Gasteiger partial charge in [-0.15, -0.1) is 0 Å². The Morgan fingerprint density at radius 1 is 0.759 bits per heavy atom. The lowest BCUT2D eigenvalue weighted by molar-refractivity contribution is 1.15. The third kappa shape index (κ3) is 2.32. The van der Waals surface area contributed by atoms with Crippen molar-refractivity contribution < 1.29 is 0 Å². The summed E-state index contributed by atoms with van der Waals surface area (Å²) < 4.78 is 1.74. The summed E-state index contributed by atoms with van der Waals surface area (Å²) in [6.07, 6.45) is 0. The highest BCUT2D eigenvalue weighted by Gasteiger charge is 2.17. The molecule has 29 heavy (non-hydrogen) atoms. The van der Waals surface area contributed by atoms with E-state index in [0.717, 1.165) is 50.5 Å². The fraction of sp³-hybridized carbons (Fsp3) is 0.0400. The number of fused-ring (bicyclic) bond motifs is 4. The standard InChI is InChI=1S/C25H17N3O/c29-25-19-13-14-20(26-15-16-7-2-1-3-8-16)17-9-6-10-18(23(17)19)24-27-21-11-4-5-12-22(21)28(24)25/h1-14,26H,15H2. The van der Waals surface area contributed by atoms with Crippen molar-refractivity contribution in [2.75, 3.05) is 5.32 Å². The number of para-hydroxylation sites is 2. The average molecular weight is 375 g/mol. The molecule has 1 N–H and O–H groups in total. The molecule has 0 unspecified atom stereocenters. The van der Waals surface area contributed by atoms with Gasteiger partial charge < -0.3 is 5.32 Å². The molecular formula is C25H17N3O. The Bertz CT molecular complexity index is 1570. The maximum atomic E-state index is 13.4. The van der Waals surface area contributed by atoms with Crippen molar-refractivity contribution in [3.05, 3.63) is 101 Å². The molecule has 4 aromatic carbocycles. The van der Waals surface area contributed by atoms with Gasteiger partial charge in [-0.1, -0.05) is 60.7 Å². The van der Waals surface area contributed by atoms with Crippen LogP contribution in [0.25, 0.3) is 38.2 Å². The molecule has 138 valence electrons. The fourth-order valence-corrected chi connectivity index (χ4v) is 4.25. The van der Waals surface area contributed by atoms with E-state index in [4.69, 9.17) is 4.98 Å².